The number of carbonyl (C=O) groups is 1. The Balaban J connectivity index is 1.48. The molecule has 8 heteroatoms. The van der Waals surface area contributed by atoms with Crippen molar-refractivity contribution in [1.29, 1.82) is 0 Å². The number of nitrogens with zero attached hydrogens (tertiary/aromatic N) is 1. The Morgan fingerprint density at radius 1 is 1.06 bits per heavy atom. The summed E-state index contributed by atoms with van der Waals surface area (Å²) in [6, 6.07) is 11.5. The summed E-state index contributed by atoms with van der Waals surface area (Å²) in [4.78, 5) is 15.0. The quantitative estimate of drug-likeness (QED) is 0.610. The van der Waals surface area contributed by atoms with E-state index in [1.807, 2.05) is 6.07 Å². The molecule has 0 aromatic heterocycles. The van der Waals surface area contributed by atoms with Crippen LogP contribution in [0.4, 0.5) is 10.5 Å². The molecule has 1 saturated carbocycles. The number of nitrogens with one attached hydrogen (secondary N) is 2. The summed E-state index contributed by atoms with van der Waals surface area (Å²) in [5, 5.41) is 6.96. The van der Waals surface area contributed by atoms with Gasteiger partial charge in [-0.3, -0.25) is 0 Å². The van der Waals surface area contributed by atoms with Gasteiger partial charge in [0.25, 0.3) is 0 Å². The van der Waals surface area contributed by atoms with E-state index in [0.717, 1.165) is 43.7 Å². The van der Waals surface area contributed by atoms with E-state index in [9.17, 15) is 4.79 Å². The molecule has 0 bridgehead atoms. The minimum Gasteiger partial charge on any atom is -0.493 e. The number of carbonyl (C=O) groups excluding carboxylic acids is 1. The van der Waals surface area contributed by atoms with Crippen LogP contribution >= 0.6 is 23.2 Å². The molecule has 32 heavy (non-hydrogen) atoms. The Hall–Kier alpha value is -2.15. The van der Waals surface area contributed by atoms with Crippen molar-refractivity contribution in [3.8, 4) is 11.5 Å². The van der Waals surface area contributed by atoms with Crippen LogP contribution in [-0.2, 0) is 5.41 Å². The molecule has 2 aromatic carbocycles. The van der Waals surface area contributed by atoms with Crippen molar-refractivity contribution in [2.24, 2.45) is 0 Å². The van der Waals surface area contributed by atoms with Crippen molar-refractivity contribution in [3.63, 3.8) is 0 Å². The maximum Gasteiger partial charge on any atom is 0.319 e. The molecule has 2 amide bonds. The molecule has 2 aliphatic rings. The van der Waals surface area contributed by atoms with Crippen LogP contribution in [0.1, 0.15) is 31.2 Å². The van der Waals surface area contributed by atoms with Gasteiger partial charge in [-0.25, -0.2) is 4.79 Å². The van der Waals surface area contributed by atoms with Gasteiger partial charge in [-0.05, 0) is 75.2 Å². The Bertz CT molecular complexity index is 982. The van der Waals surface area contributed by atoms with Crippen LogP contribution in [0, 0.1) is 0 Å². The molecule has 2 fully saturated rings. The van der Waals surface area contributed by atoms with Crippen LogP contribution in [0.5, 0.6) is 11.5 Å². The number of hydrogen-bond acceptors (Lipinski definition) is 4. The average molecular weight is 478 g/mol. The second-order valence-electron chi connectivity index (χ2n) is 8.70. The Morgan fingerprint density at radius 2 is 1.78 bits per heavy atom. The second kappa shape index (κ2) is 9.38. The van der Waals surface area contributed by atoms with Gasteiger partial charge in [-0.1, -0.05) is 29.3 Å². The first-order chi connectivity index (χ1) is 15.3. The van der Waals surface area contributed by atoms with Crippen molar-refractivity contribution >= 4 is 34.9 Å². The van der Waals surface area contributed by atoms with E-state index < -0.39 is 0 Å². The third-order valence-electron chi connectivity index (χ3n) is 6.94. The molecular formula is C24H29Cl2N3O3. The number of anilines is 1. The number of methoxy groups -OCH3 is 2. The van der Waals surface area contributed by atoms with Gasteiger partial charge in [-0.15, -0.1) is 0 Å². The number of halogens is 2. The predicted octanol–water partition coefficient (Wildman–Crippen LogP) is 5.33. The van der Waals surface area contributed by atoms with Crippen LogP contribution in [0.2, 0.25) is 10.0 Å². The summed E-state index contributed by atoms with van der Waals surface area (Å²) in [5.74, 6) is 1.50. The lowest BCUT2D eigenvalue weighted by atomic mass is 9.65. The van der Waals surface area contributed by atoms with Gasteiger partial charge >= 0.3 is 6.03 Å². The van der Waals surface area contributed by atoms with E-state index in [1.165, 1.54) is 5.56 Å². The first-order valence-electron chi connectivity index (χ1n) is 10.8. The van der Waals surface area contributed by atoms with Crippen molar-refractivity contribution in [1.82, 2.24) is 10.2 Å². The number of hydrogen-bond donors (Lipinski definition) is 2. The van der Waals surface area contributed by atoms with Gasteiger partial charge in [0.15, 0.2) is 11.5 Å². The van der Waals surface area contributed by atoms with Gasteiger partial charge in [0.2, 0.25) is 0 Å². The highest BCUT2D eigenvalue weighted by Crippen LogP contribution is 2.49. The number of ether oxygens (including phenoxy) is 2. The van der Waals surface area contributed by atoms with E-state index >= 15 is 0 Å². The van der Waals surface area contributed by atoms with Gasteiger partial charge in [0.1, 0.15) is 0 Å². The van der Waals surface area contributed by atoms with Gasteiger partial charge in [0, 0.05) is 33.2 Å². The number of likely N-dealkylation sites (tertiary alicyclic amines) is 1. The zero-order valence-electron chi connectivity index (χ0n) is 18.6. The molecule has 1 aliphatic carbocycles. The molecule has 1 aliphatic heterocycles. The summed E-state index contributed by atoms with van der Waals surface area (Å²) in [7, 11) is 5.49. The molecule has 6 nitrogen and oxygen atoms in total. The van der Waals surface area contributed by atoms with E-state index in [0.29, 0.717) is 21.8 Å². The van der Waals surface area contributed by atoms with Gasteiger partial charge < -0.3 is 25.0 Å². The summed E-state index contributed by atoms with van der Waals surface area (Å²) < 4.78 is 11.0. The van der Waals surface area contributed by atoms with Gasteiger partial charge in [0.05, 0.1) is 14.2 Å². The highest BCUT2D eigenvalue weighted by atomic mass is 35.5. The van der Waals surface area contributed by atoms with Crippen molar-refractivity contribution in [3.05, 3.63) is 52.0 Å². The number of rotatable bonds is 5. The molecule has 0 unspecified atom stereocenters. The minimum absolute atomic E-state index is 0.0451. The summed E-state index contributed by atoms with van der Waals surface area (Å²) in [6.45, 7) is 1.03. The van der Waals surface area contributed by atoms with E-state index in [1.54, 1.807) is 32.4 Å². The summed E-state index contributed by atoms with van der Waals surface area (Å²) in [5.41, 5.74) is 1.90. The van der Waals surface area contributed by atoms with E-state index in [2.05, 4.69) is 34.7 Å². The highest BCUT2D eigenvalue weighted by Gasteiger charge is 2.50. The van der Waals surface area contributed by atoms with Crippen LogP contribution < -0.4 is 20.1 Å². The highest BCUT2D eigenvalue weighted by molar-refractivity contribution is 6.35. The minimum atomic E-state index is -0.243. The number of fused-ring (bicyclic) bond motifs is 1. The summed E-state index contributed by atoms with van der Waals surface area (Å²) in [6.07, 6.45) is 3.87. The molecule has 4 rings (SSSR count). The SMILES string of the molecule is COc1ccc([C@@]23CC[C@@H](NC(=O)Nc4cc(Cl)cc(Cl)c4)C[C@@H]2N(C)CC3)cc1OC. The second-order valence-corrected chi connectivity index (χ2v) is 9.57. The topological polar surface area (TPSA) is 62.8 Å². The smallest absolute Gasteiger partial charge is 0.319 e. The Morgan fingerprint density at radius 3 is 2.47 bits per heavy atom. The third-order valence-corrected chi connectivity index (χ3v) is 7.38. The molecule has 0 radical (unpaired) electrons. The molecule has 172 valence electrons. The molecule has 3 atom stereocenters. The fourth-order valence-corrected chi connectivity index (χ4v) is 5.90. The zero-order chi connectivity index (χ0) is 22.9. The largest absolute Gasteiger partial charge is 0.493 e. The molecular weight excluding hydrogens is 449 g/mol. The predicted molar refractivity (Wildman–Crippen MR) is 129 cm³/mol. The van der Waals surface area contributed by atoms with Gasteiger partial charge in [-0.2, -0.15) is 0 Å². The molecule has 2 N–H and O–H groups in total. The van der Waals surface area contributed by atoms with Crippen LogP contribution in [-0.4, -0.2) is 50.8 Å². The summed E-state index contributed by atoms with van der Waals surface area (Å²) >= 11 is 12.1. The number of amides is 2. The molecule has 2 aromatic rings. The lowest BCUT2D eigenvalue weighted by molar-refractivity contribution is 0.156. The Kier molecular flexibility index (Phi) is 6.75. The lowest BCUT2D eigenvalue weighted by Crippen LogP contribution is -2.52. The molecule has 0 spiro atoms. The number of urea groups is 1. The maximum atomic E-state index is 12.6. The first kappa shape index (κ1) is 23.0. The monoisotopic (exact) mass is 477 g/mol. The number of likely N-dealkylation sites (N-methyl/N-ethyl adjacent to an activating group) is 1. The van der Waals surface area contributed by atoms with Crippen molar-refractivity contribution in [2.45, 2.75) is 43.2 Å². The Labute approximate surface area is 199 Å². The van der Waals surface area contributed by atoms with Crippen molar-refractivity contribution in [2.75, 3.05) is 33.1 Å². The standard InChI is InChI=1S/C24H29Cl2N3O3/c1-29-9-8-24(15-4-5-20(31-2)21(10-15)32-3)7-6-18(14-22(24)29)27-23(30)28-19-12-16(25)11-17(26)13-19/h4-5,10-13,18,22H,6-9,14H2,1-3H3,(H2,27,28,30)/t18-,22+,24+/m1/s1. The fraction of sp³-hybridized carbons (Fsp3) is 0.458. The lowest BCUT2D eigenvalue weighted by Gasteiger charge is -2.45. The van der Waals surface area contributed by atoms with Crippen LogP contribution in [0.25, 0.3) is 0 Å². The first-order valence-corrected chi connectivity index (χ1v) is 11.6. The van der Waals surface area contributed by atoms with Crippen molar-refractivity contribution < 1.29 is 14.3 Å². The normalized spacial score (nSPS) is 25.2. The fourth-order valence-electron chi connectivity index (χ4n) is 5.37. The van der Waals surface area contributed by atoms with E-state index in [4.69, 9.17) is 32.7 Å². The van der Waals surface area contributed by atoms with Crippen LogP contribution in [0.3, 0.4) is 0 Å². The van der Waals surface area contributed by atoms with E-state index in [-0.39, 0.29) is 17.5 Å². The molecule has 1 heterocycles. The molecule has 1 saturated heterocycles. The zero-order valence-corrected chi connectivity index (χ0v) is 20.1. The van der Waals surface area contributed by atoms with Crippen LogP contribution in [0.15, 0.2) is 36.4 Å². The average Bonchev–Trinajstić information content (AvgIpc) is 3.09. The maximum absolute atomic E-state index is 12.6. The number of benzene rings is 2. The third kappa shape index (κ3) is 4.49.